The van der Waals surface area contributed by atoms with Gasteiger partial charge in [-0.3, -0.25) is 9.59 Å². The number of aliphatic carboxylic acids is 1. The van der Waals surface area contributed by atoms with E-state index in [0.29, 0.717) is 25.1 Å². The summed E-state index contributed by atoms with van der Waals surface area (Å²) in [5, 5.41) is 14.9. The zero-order valence-corrected chi connectivity index (χ0v) is 23.2. The lowest BCUT2D eigenvalue weighted by molar-refractivity contribution is -0.337. The van der Waals surface area contributed by atoms with Gasteiger partial charge < -0.3 is 51.0 Å². The first-order chi connectivity index (χ1) is 19.7. The Morgan fingerprint density at radius 2 is 1.63 bits per heavy atom. The average molecular weight is 649 g/mol. The van der Waals surface area contributed by atoms with Gasteiger partial charge in [-0.2, -0.15) is 13.2 Å². The Labute approximate surface area is 240 Å². The van der Waals surface area contributed by atoms with Crippen molar-refractivity contribution in [3.05, 3.63) is 46.8 Å². The van der Waals surface area contributed by atoms with Crippen LogP contribution in [0.15, 0.2) is 12.1 Å². The van der Waals surface area contributed by atoms with Crippen LogP contribution in [0.25, 0.3) is 0 Å². The van der Waals surface area contributed by atoms with E-state index in [2.05, 4.69) is 10.2 Å². The van der Waals surface area contributed by atoms with Gasteiger partial charge in [0.1, 0.15) is 11.9 Å². The molecule has 1 aliphatic heterocycles. The molecule has 2 aromatic rings. The highest BCUT2D eigenvalue weighted by molar-refractivity contribution is 7.42. The SMILES string of the molecule is NCCCC[C@H](N)C(=O)O.N[C@@H](CC(=O)N1CCn2c(nnc2C(F)(F)F)C1)Cc1cc(F)c(F)cc1F.O=P([O-])([O-])O. The molecule has 0 spiro atoms. The van der Waals surface area contributed by atoms with Gasteiger partial charge in [0.15, 0.2) is 17.5 Å². The largest absolute Gasteiger partial charge is 0.790 e. The summed E-state index contributed by atoms with van der Waals surface area (Å²) in [7, 11) is -5.14. The molecule has 0 unspecified atom stereocenters. The molecule has 0 saturated heterocycles. The number of hydrogen-bond acceptors (Lipinski definition) is 10. The number of halogens is 6. The second-order valence-electron chi connectivity index (χ2n) is 9.13. The predicted octanol–water partition coefficient (Wildman–Crippen LogP) is -0.649. The van der Waals surface area contributed by atoms with Crippen LogP contribution < -0.4 is 27.0 Å². The van der Waals surface area contributed by atoms with E-state index in [1.165, 1.54) is 4.90 Å². The Morgan fingerprint density at radius 1 is 1.05 bits per heavy atom. The first-order valence-corrected chi connectivity index (χ1v) is 13.8. The maximum Gasteiger partial charge on any atom is 0.451 e. The number of amides is 1. The number of aromatic nitrogens is 3. The number of carbonyl (C=O) groups excluding carboxylic acids is 1. The van der Waals surface area contributed by atoms with E-state index in [4.69, 9.17) is 41.6 Å². The molecular weight excluding hydrogens is 619 g/mol. The van der Waals surface area contributed by atoms with E-state index in [-0.39, 0.29) is 43.9 Å². The van der Waals surface area contributed by atoms with Crippen molar-refractivity contribution in [3.8, 4) is 0 Å². The summed E-state index contributed by atoms with van der Waals surface area (Å²) in [6.45, 7) is 0.301. The van der Waals surface area contributed by atoms with Crippen LogP contribution in [0.5, 0.6) is 0 Å². The van der Waals surface area contributed by atoms with E-state index in [1.807, 2.05) is 0 Å². The van der Waals surface area contributed by atoms with Crippen LogP contribution >= 0.6 is 7.82 Å². The van der Waals surface area contributed by atoms with Gasteiger partial charge in [-0.05, 0) is 37.4 Å². The number of unbranched alkanes of at least 4 members (excludes halogenated alkanes) is 1. The third-order valence-electron chi connectivity index (χ3n) is 5.65. The molecule has 0 fully saturated rings. The minimum atomic E-state index is -5.14. The van der Waals surface area contributed by atoms with Crippen LogP contribution in [0.2, 0.25) is 0 Å². The van der Waals surface area contributed by atoms with Crippen molar-refractivity contribution < 1.29 is 60.3 Å². The first-order valence-electron chi connectivity index (χ1n) is 12.3. The number of fused-ring (bicyclic) bond motifs is 1. The molecular formula is C22H30F6N7O7P-2. The summed E-state index contributed by atoms with van der Waals surface area (Å²) in [4.78, 5) is 48.0. The Balaban J connectivity index is 0.000000511. The molecule has 2 heterocycles. The standard InChI is InChI=1S/C16H15F6N5O.C6H14N2O2.H3O4P/c17-10-6-12(19)11(18)4-8(10)3-9(23)5-14(28)26-1-2-27-13(7-26)24-25-15(27)16(20,21)22;7-4-2-1-3-5(8)6(9)10;1-5(2,3)4/h4,6,9H,1-3,5,7,23H2;5H,1-4,7-8H2,(H,9,10);(H3,1,2,3,4)/p-2/t9-;5-;/m10./s1. The van der Waals surface area contributed by atoms with Gasteiger partial charge in [0.2, 0.25) is 11.7 Å². The molecule has 1 aliphatic rings. The summed E-state index contributed by atoms with van der Waals surface area (Å²) in [5.41, 5.74) is 16.1. The summed E-state index contributed by atoms with van der Waals surface area (Å²) < 4.78 is 87.9. The number of rotatable bonds is 9. The van der Waals surface area contributed by atoms with Crippen molar-refractivity contribution >= 4 is 19.7 Å². The zero-order valence-electron chi connectivity index (χ0n) is 22.3. The molecule has 1 amide bonds. The fourth-order valence-corrected chi connectivity index (χ4v) is 3.64. The van der Waals surface area contributed by atoms with Crippen LogP contribution in [-0.2, 0) is 39.8 Å². The van der Waals surface area contributed by atoms with Crippen LogP contribution in [0.3, 0.4) is 0 Å². The fraction of sp³-hybridized carbons (Fsp3) is 0.545. The van der Waals surface area contributed by atoms with Crippen LogP contribution in [0.1, 0.15) is 42.9 Å². The summed E-state index contributed by atoms with van der Waals surface area (Å²) >= 11 is 0. The van der Waals surface area contributed by atoms with Gasteiger partial charge in [-0.1, -0.05) is 6.42 Å². The highest BCUT2D eigenvalue weighted by Gasteiger charge is 2.40. The number of nitrogens with zero attached hydrogens (tertiary/aromatic N) is 4. The Kier molecular flexibility index (Phi) is 14.7. The second-order valence-corrected chi connectivity index (χ2v) is 10.1. The fourth-order valence-electron chi connectivity index (χ4n) is 3.64. The monoisotopic (exact) mass is 649 g/mol. The quantitative estimate of drug-likeness (QED) is 0.0984. The topological polar surface area (TPSA) is 250 Å². The van der Waals surface area contributed by atoms with Gasteiger partial charge in [-0.25, -0.2) is 13.2 Å². The predicted molar refractivity (Wildman–Crippen MR) is 131 cm³/mol. The van der Waals surface area contributed by atoms with E-state index in [0.717, 1.165) is 17.4 Å². The number of carboxylic acid groups (broad SMARTS) is 1. The molecule has 0 aliphatic carbocycles. The van der Waals surface area contributed by atoms with Crippen molar-refractivity contribution in [1.82, 2.24) is 19.7 Å². The highest BCUT2D eigenvalue weighted by atomic mass is 31.2. The van der Waals surface area contributed by atoms with Gasteiger partial charge in [0, 0.05) is 31.6 Å². The van der Waals surface area contributed by atoms with E-state index in [1.54, 1.807) is 0 Å². The van der Waals surface area contributed by atoms with Gasteiger partial charge in [-0.15, -0.1) is 10.2 Å². The normalized spacial score (nSPS) is 14.5. The van der Waals surface area contributed by atoms with Crippen molar-refractivity contribution in [1.29, 1.82) is 0 Å². The molecule has 0 saturated carbocycles. The van der Waals surface area contributed by atoms with Gasteiger partial charge in [0.25, 0.3) is 0 Å². The van der Waals surface area contributed by atoms with Crippen LogP contribution in [-0.4, -0.2) is 66.7 Å². The Morgan fingerprint density at radius 3 is 2.16 bits per heavy atom. The third kappa shape index (κ3) is 13.8. The number of hydrogen-bond donors (Lipinski definition) is 5. The average Bonchev–Trinajstić information content (AvgIpc) is 3.31. The smallest absolute Gasteiger partial charge is 0.451 e. The number of phosphoric acid groups is 1. The molecule has 21 heteroatoms. The van der Waals surface area contributed by atoms with Crippen molar-refractivity contribution in [3.63, 3.8) is 0 Å². The van der Waals surface area contributed by atoms with E-state index >= 15 is 0 Å². The van der Waals surface area contributed by atoms with Crippen LogP contribution in [0.4, 0.5) is 26.3 Å². The van der Waals surface area contributed by atoms with E-state index < -0.39 is 61.2 Å². The third-order valence-corrected chi connectivity index (χ3v) is 5.65. The number of carboxylic acids is 1. The minimum absolute atomic E-state index is 0.000783. The second kappa shape index (κ2) is 16.6. The number of benzene rings is 1. The van der Waals surface area contributed by atoms with Gasteiger partial charge in [0.05, 0.1) is 14.4 Å². The molecule has 244 valence electrons. The molecule has 0 radical (unpaired) electrons. The Hall–Kier alpha value is -3.13. The number of carbonyl (C=O) groups is 2. The summed E-state index contributed by atoms with van der Waals surface area (Å²) in [5.74, 6) is -6.08. The molecule has 43 heavy (non-hydrogen) atoms. The lowest BCUT2D eigenvalue weighted by Crippen LogP contribution is -2.42. The van der Waals surface area contributed by atoms with Crippen molar-refractivity contribution in [2.75, 3.05) is 13.1 Å². The highest BCUT2D eigenvalue weighted by Crippen LogP contribution is 2.29. The maximum absolute atomic E-state index is 13.7. The molecule has 14 nitrogen and oxygen atoms in total. The summed E-state index contributed by atoms with van der Waals surface area (Å²) in [6.07, 6.45) is -2.94. The number of alkyl halides is 3. The molecule has 8 N–H and O–H groups in total. The maximum atomic E-state index is 13.7. The lowest BCUT2D eigenvalue weighted by atomic mass is 10.0. The Bertz CT molecular complexity index is 1270. The van der Waals surface area contributed by atoms with Crippen molar-refractivity contribution in [2.45, 2.75) is 63.5 Å². The molecule has 1 aromatic carbocycles. The zero-order chi connectivity index (χ0) is 33.1. The van der Waals surface area contributed by atoms with Gasteiger partial charge >= 0.3 is 12.1 Å². The first kappa shape index (κ1) is 37.9. The molecule has 0 bridgehead atoms. The summed E-state index contributed by atoms with van der Waals surface area (Å²) in [6, 6.07) is -0.532. The molecule has 1 aromatic heterocycles. The van der Waals surface area contributed by atoms with E-state index in [9.17, 15) is 35.9 Å². The molecule has 3 rings (SSSR count). The number of nitrogens with two attached hydrogens (primary N) is 3. The lowest BCUT2D eigenvalue weighted by Gasteiger charge is -2.29. The van der Waals surface area contributed by atoms with Crippen molar-refractivity contribution in [2.24, 2.45) is 17.2 Å². The minimum Gasteiger partial charge on any atom is -0.790 e. The van der Waals surface area contributed by atoms with Crippen LogP contribution in [0, 0.1) is 17.5 Å². The molecule has 2 atom stereocenters.